The quantitative estimate of drug-likeness (QED) is 0.779. The lowest BCUT2D eigenvalue weighted by Gasteiger charge is -2.49. The summed E-state index contributed by atoms with van der Waals surface area (Å²) in [5.74, 6) is 0.424. The highest BCUT2D eigenvalue weighted by molar-refractivity contribution is 5.94. The van der Waals surface area contributed by atoms with Gasteiger partial charge in [-0.1, -0.05) is 12.1 Å². The number of carbonyl (C=O) groups excluding carboxylic acids is 2. The van der Waals surface area contributed by atoms with E-state index in [4.69, 9.17) is 0 Å². The van der Waals surface area contributed by atoms with E-state index in [0.29, 0.717) is 17.7 Å². The highest BCUT2D eigenvalue weighted by Gasteiger charge is 2.40. The third-order valence-electron chi connectivity index (χ3n) is 5.90. The van der Waals surface area contributed by atoms with Crippen molar-refractivity contribution in [2.24, 2.45) is 5.92 Å². The fourth-order valence-corrected chi connectivity index (χ4v) is 4.44. The Kier molecular flexibility index (Phi) is 4.74. The molecule has 2 bridgehead atoms. The van der Waals surface area contributed by atoms with Gasteiger partial charge in [0.15, 0.2) is 0 Å². The SMILES string of the molecule is CC(=O)Nc1cccc(-c2ccc(C(=O)N[C@@H]3C4CCN(CC4)[C@H]3C)[nH]2)c1. The molecule has 0 unspecified atom stereocenters. The number of rotatable bonds is 4. The Morgan fingerprint density at radius 2 is 1.93 bits per heavy atom. The topological polar surface area (TPSA) is 77.2 Å². The summed E-state index contributed by atoms with van der Waals surface area (Å²) in [6.45, 7) is 5.99. The van der Waals surface area contributed by atoms with Gasteiger partial charge < -0.3 is 15.6 Å². The van der Waals surface area contributed by atoms with Gasteiger partial charge in [-0.15, -0.1) is 0 Å². The number of nitrogens with one attached hydrogen (secondary N) is 3. The molecule has 2 atom stereocenters. The average molecular weight is 366 g/mol. The first-order valence-corrected chi connectivity index (χ1v) is 9.63. The Bertz CT molecular complexity index is 849. The maximum atomic E-state index is 12.8. The number of hydrogen-bond donors (Lipinski definition) is 3. The van der Waals surface area contributed by atoms with Gasteiger partial charge in [0.2, 0.25) is 5.91 Å². The first-order chi connectivity index (χ1) is 13.0. The molecule has 3 aliphatic rings. The van der Waals surface area contributed by atoms with Crippen LogP contribution >= 0.6 is 0 Å². The van der Waals surface area contributed by atoms with E-state index in [1.54, 1.807) is 0 Å². The zero-order valence-corrected chi connectivity index (χ0v) is 15.8. The van der Waals surface area contributed by atoms with Crippen molar-refractivity contribution in [1.82, 2.24) is 15.2 Å². The lowest BCUT2D eigenvalue weighted by atomic mass is 9.79. The number of aromatic nitrogens is 1. The summed E-state index contributed by atoms with van der Waals surface area (Å²) in [7, 11) is 0. The van der Waals surface area contributed by atoms with Crippen molar-refractivity contribution >= 4 is 17.5 Å². The second-order valence-corrected chi connectivity index (χ2v) is 7.66. The molecule has 3 aliphatic heterocycles. The van der Waals surface area contributed by atoms with Crippen molar-refractivity contribution in [2.45, 2.75) is 38.8 Å². The van der Waals surface area contributed by atoms with Gasteiger partial charge in [0.05, 0.1) is 0 Å². The summed E-state index contributed by atoms with van der Waals surface area (Å²) in [6.07, 6.45) is 2.34. The minimum absolute atomic E-state index is 0.0511. The molecule has 0 radical (unpaired) electrons. The Hall–Kier alpha value is -2.60. The van der Waals surface area contributed by atoms with Crippen LogP contribution in [0, 0.1) is 5.92 Å². The summed E-state index contributed by atoms with van der Waals surface area (Å²) in [5.41, 5.74) is 3.09. The Morgan fingerprint density at radius 1 is 1.15 bits per heavy atom. The first kappa shape index (κ1) is 17.8. The summed E-state index contributed by atoms with van der Waals surface area (Å²) >= 11 is 0. The van der Waals surface area contributed by atoms with E-state index >= 15 is 0 Å². The minimum Gasteiger partial charge on any atom is -0.351 e. The molecule has 3 saturated heterocycles. The second kappa shape index (κ2) is 7.19. The molecule has 6 heteroatoms. The van der Waals surface area contributed by atoms with Gasteiger partial charge in [-0.05, 0) is 68.6 Å². The van der Waals surface area contributed by atoms with Gasteiger partial charge in [0.1, 0.15) is 5.69 Å². The molecule has 0 aliphatic carbocycles. The van der Waals surface area contributed by atoms with Crippen LogP contribution in [-0.2, 0) is 4.79 Å². The van der Waals surface area contributed by atoms with Crippen molar-refractivity contribution in [3.8, 4) is 11.3 Å². The van der Waals surface area contributed by atoms with Crippen LogP contribution < -0.4 is 10.6 Å². The van der Waals surface area contributed by atoms with Crippen LogP contribution in [0.2, 0.25) is 0 Å². The molecule has 0 spiro atoms. The van der Waals surface area contributed by atoms with Crippen LogP contribution in [0.15, 0.2) is 36.4 Å². The molecular weight excluding hydrogens is 340 g/mol. The molecule has 1 aromatic heterocycles. The van der Waals surface area contributed by atoms with Gasteiger partial charge in [-0.25, -0.2) is 0 Å². The van der Waals surface area contributed by atoms with E-state index in [0.717, 1.165) is 30.0 Å². The average Bonchev–Trinajstić information content (AvgIpc) is 3.15. The van der Waals surface area contributed by atoms with Crippen LogP contribution in [-0.4, -0.2) is 46.9 Å². The molecule has 6 nitrogen and oxygen atoms in total. The zero-order valence-electron chi connectivity index (χ0n) is 15.8. The summed E-state index contributed by atoms with van der Waals surface area (Å²) in [6, 6.07) is 11.9. The number of carbonyl (C=O) groups is 2. The summed E-state index contributed by atoms with van der Waals surface area (Å²) in [4.78, 5) is 29.7. The van der Waals surface area contributed by atoms with Crippen LogP contribution in [0.5, 0.6) is 0 Å². The predicted octanol–water partition coefficient (Wildman–Crippen LogP) is 2.85. The van der Waals surface area contributed by atoms with Crippen LogP contribution in [0.3, 0.4) is 0 Å². The van der Waals surface area contributed by atoms with Crippen LogP contribution in [0.1, 0.15) is 37.2 Å². The van der Waals surface area contributed by atoms with Crippen molar-refractivity contribution in [3.05, 3.63) is 42.1 Å². The summed E-state index contributed by atoms with van der Waals surface area (Å²) < 4.78 is 0. The fourth-order valence-electron chi connectivity index (χ4n) is 4.44. The smallest absolute Gasteiger partial charge is 0.267 e. The maximum absolute atomic E-state index is 12.8. The van der Waals surface area contributed by atoms with Crippen molar-refractivity contribution in [2.75, 3.05) is 18.4 Å². The lowest BCUT2D eigenvalue weighted by molar-refractivity contribution is -0.114. The van der Waals surface area contributed by atoms with E-state index in [9.17, 15) is 9.59 Å². The molecule has 27 heavy (non-hydrogen) atoms. The molecule has 0 saturated carbocycles. The largest absolute Gasteiger partial charge is 0.351 e. The molecule has 1 aromatic carbocycles. The molecule has 4 heterocycles. The van der Waals surface area contributed by atoms with E-state index in [-0.39, 0.29) is 17.9 Å². The van der Waals surface area contributed by atoms with Crippen LogP contribution in [0.4, 0.5) is 5.69 Å². The number of anilines is 1. The molecule has 142 valence electrons. The normalized spacial score (nSPS) is 26.6. The minimum atomic E-state index is -0.106. The predicted molar refractivity (Wildman–Crippen MR) is 106 cm³/mol. The van der Waals surface area contributed by atoms with Gasteiger partial charge >= 0.3 is 0 Å². The number of aromatic amines is 1. The number of piperidine rings is 3. The highest BCUT2D eigenvalue weighted by Crippen LogP contribution is 2.32. The van der Waals surface area contributed by atoms with E-state index < -0.39 is 0 Å². The zero-order chi connectivity index (χ0) is 19.0. The number of amides is 2. The van der Waals surface area contributed by atoms with Crippen molar-refractivity contribution in [3.63, 3.8) is 0 Å². The fraction of sp³-hybridized carbons (Fsp3) is 0.429. The van der Waals surface area contributed by atoms with Crippen molar-refractivity contribution in [1.29, 1.82) is 0 Å². The second-order valence-electron chi connectivity index (χ2n) is 7.66. The highest BCUT2D eigenvalue weighted by atomic mass is 16.2. The third kappa shape index (κ3) is 3.62. The first-order valence-electron chi connectivity index (χ1n) is 9.63. The van der Waals surface area contributed by atoms with Crippen molar-refractivity contribution < 1.29 is 9.59 Å². The molecule has 2 aromatic rings. The van der Waals surface area contributed by atoms with Gasteiger partial charge in [0, 0.05) is 30.4 Å². The van der Waals surface area contributed by atoms with Crippen LogP contribution in [0.25, 0.3) is 11.3 Å². The molecular formula is C21H26N4O2. The maximum Gasteiger partial charge on any atom is 0.267 e. The molecule has 3 fully saturated rings. The Morgan fingerprint density at radius 3 is 2.63 bits per heavy atom. The van der Waals surface area contributed by atoms with E-state index in [2.05, 4.69) is 27.4 Å². The summed E-state index contributed by atoms with van der Waals surface area (Å²) in [5, 5.41) is 6.03. The Balaban J connectivity index is 1.48. The number of fused-ring (bicyclic) bond motifs is 3. The lowest BCUT2D eigenvalue weighted by Crippen LogP contribution is -2.62. The third-order valence-corrected chi connectivity index (χ3v) is 5.90. The van der Waals surface area contributed by atoms with Gasteiger partial charge in [0.25, 0.3) is 5.91 Å². The number of H-pyrrole nitrogens is 1. The molecule has 3 N–H and O–H groups in total. The Labute approximate surface area is 159 Å². The van der Waals surface area contributed by atoms with E-state index in [1.807, 2.05) is 36.4 Å². The standard InChI is InChI=1S/C21H26N4O2/c1-13-20(15-8-10-25(13)11-9-15)24-21(27)19-7-6-18(23-19)16-4-3-5-17(12-16)22-14(2)26/h3-7,12-13,15,20,23H,8-11H2,1-2H3,(H,22,26)(H,24,27)/t13-,20-/m0/s1. The monoisotopic (exact) mass is 366 g/mol. The van der Waals surface area contributed by atoms with Gasteiger partial charge in [-0.3, -0.25) is 14.5 Å². The van der Waals surface area contributed by atoms with E-state index in [1.165, 1.54) is 19.8 Å². The number of hydrogen-bond acceptors (Lipinski definition) is 3. The number of benzene rings is 1. The molecule has 5 rings (SSSR count). The number of nitrogens with zero attached hydrogens (tertiary/aromatic N) is 1. The molecule has 2 amide bonds. The van der Waals surface area contributed by atoms with Gasteiger partial charge in [-0.2, -0.15) is 0 Å².